The maximum atomic E-state index is 12.9. The van der Waals surface area contributed by atoms with Crippen LogP contribution in [0.15, 0.2) is 0 Å². The van der Waals surface area contributed by atoms with E-state index in [4.69, 9.17) is 4.74 Å². The van der Waals surface area contributed by atoms with E-state index in [1.807, 2.05) is 6.92 Å². The van der Waals surface area contributed by atoms with Crippen molar-refractivity contribution in [1.29, 1.82) is 0 Å². The van der Waals surface area contributed by atoms with E-state index < -0.39 is 5.54 Å². The van der Waals surface area contributed by atoms with Gasteiger partial charge in [-0.2, -0.15) is 0 Å². The lowest BCUT2D eigenvalue weighted by Crippen LogP contribution is -2.70. The van der Waals surface area contributed by atoms with Gasteiger partial charge < -0.3 is 15.0 Å². The second kappa shape index (κ2) is 5.95. The molecule has 0 bridgehead atoms. The lowest BCUT2D eigenvalue weighted by atomic mass is 9.78. The molecular formula is C16H26N2O3. The van der Waals surface area contributed by atoms with Crippen molar-refractivity contribution >= 4 is 11.8 Å². The summed E-state index contributed by atoms with van der Waals surface area (Å²) in [5, 5.41) is 3.03. The Morgan fingerprint density at radius 3 is 2.67 bits per heavy atom. The highest BCUT2D eigenvalue weighted by Crippen LogP contribution is 2.33. The van der Waals surface area contributed by atoms with Crippen molar-refractivity contribution in [2.75, 3.05) is 13.2 Å². The zero-order chi connectivity index (χ0) is 14.9. The van der Waals surface area contributed by atoms with Gasteiger partial charge in [0.25, 0.3) is 0 Å². The van der Waals surface area contributed by atoms with Gasteiger partial charge in [0.1, 0.15) is 11.6 Å². The van der Waals surface area contributed by atoms with Gasteiger partial charge in [0.2, 0.25) is 11.8 Å². The zero-order valence-electron chi connectivity index (χ0n) is 12.9. The Kier molecular flexibility index (Phi) is 4.20. The molecule has 1 aliphatic carbocycles. The molecule has 0 radical (unpaired) electrons. The maximum Gasteiger partial charge on any atom is 0.248 e. The van der Waals surface area contributed by atoms with Crippen molar-refractivity contribution < 1.29 is 14.3 Å². The van der Waals surface area contributed by atoms with Crippen molar-refractivity contribution in [3.63, 3.8) is 0 Å². The van der Waals surface area contributed by atoms with Crippen LogP contribution < -0.4 is 5.32 Å². The van der Waals surface area contributed by atoms with E-state index in [2.05, 4.69) is 5.32 Å². The van der Waals surface area contributed by atoms with E-state index in [-0.39, 0.29) is 24.0 Å². The van der Waals surface area contributed by atoms with Crippen molar-refractivity contribution in [3.05, 3.63) is 0 Å². The summed E-state index contributed by atoms with van der Waals surface area (Å²) >= 11 is 0. The van der Waals surface area contributed by atoms with Crippen LogP contribution in [-0.2, 0) is 14.3 Å². The minimum Gasteiger partial charge on any atom is -0.378 e. The van der Waals surface area contributed by atoms with Crippen LogP contribution in [0.5, 0.6) is 0 Å². The third kappa shape index (κ3) is 2.80. The molecule has 1 saturated carbocycles. The average Bonchev–Trinajstić information content (AvgIpc) is 3.00. The van der Waals surface area contributed by atoms with Crippen molar-refractivity contribution in [2.45, 2.75) is 76.0 Å². The minimum absolute atomic E-state index is 0.00356. The van der Waals surface area contributed by atoms with E-state index in [1.165, 1.54) is 0 Å². The molecule has 5 nitrogen and oxygen atoms in total. The molecule has 3 aliphatic rings. The first-order valence-corrected chi connectivity index (χ1v) is 8.37. The van der Waals surface area contributed by atoms with Crippen LogP contribution in [0.1, 0.15) is 58.3 Å². The van der Waals surface area contributed by atoms with Crippen LogP contribution in [0.2, 0.25) is 0 Å². The van der Waals surface area contributed by atoms with Gasteiger partial charge in [0.05, 0.1) is 6.10 Å². The van der Waals surface area contributed by atoms with Gasteiger partial charge >= 0.3 is 0 Å². The molecule has 2 atom stereocenters. The molecule has 2 heterocycles. The summed E-state index contributed by atoms with van der Waals surface area (Å²) in [6, 6.07) is -0.355. The Labute approximate surface area is 126 Å². The summed E-state index contributed by atoms with van der Waals surface area (Å²) in [6.07, 6.45) is 8.10. The Hall–Kier alpha value is -1.10. The van der Waals surface area contributed by atoms with Crippen molar-refractivity contribution in [1.82, 2.24) is 10.2 Å². The predicted molar refractivity (Wildman–Crippen MR) is 78.7 cm³/mol. The van der Waals surface area contributed by atoms with Gasteiger partial charge in [-0.05, 0) is 39.0 Å². The first-order chi connectivity index (χ1) is 10.1. The van der Waals surface area contributed by atoms with Crippen LogP contribution in [0.4, 0.5) is 0 Å². The lowest BCUT2D eigenvalue weighted by Gasteiger charge is -2.47. The highest BCUT2D eigenvalue weighted by Gasteiger charge is 2.49. The number of ether oxygens (including phenoxy) is 1. The molecule has 21 heavy (non-hydrogen) atoms. The van der Waals surface area contributed by atoms with Crippen LogP contribution >= 0.6 is 0 Å². The topological polar surface area (TPSA) is 58.6 Å². The monoisotopic (exact) mass is 294 g/mol. The molecule has 5 heteroatoms. The number of hydrogen-bond acceptors (Lipinski definition) is 3. The molecule has 118 valence electrons. The van der Waals surface area contributed by atoms with E-state index in [0.29, 0.717) is 6.54 Å². The number of carbonyl (C=O) groups excluding carboxylic acids is 2. The van der Waals surface area contributed by atoms with Crippen LogP contribution in [0.3, 0.4) is 0 Å². The molecule has 3 rings (SSSR count). The molecule has 2 unspecified atom stereocenters. The lowest BCUT2D eigenvalue weighted by molar-refractivity contribution is -0.156. The van der Waals surface area contributed by atoms with Gasteiger partial charge in [0, 0.05) is 13.2 Å². The molecule has 0 aromatic rings. The number of piperazine rings is 1. The van der Waals surface area contributed by atoms with Gasteiger partial charge in [-0.3, -0.25) is 9.59 Å². The summed E-state index contributed by atoms with van der Waals surface area (Å²) in [7, 11) is 0. The molecule has 1 spiro atoms. The summed E-state index contributed by atoms with van der Waals surface area (Å²) in [5.74, 6) is 0.135. The third-order valence-electron chi connectivity index (χ3n) is 5.30. The molecule has 1 N–H and O–H groups in total. The van der Waals surface area contributed by atoms with E-state index in [0.717, 1.165) is 58.0 Å². The van der Waals surface area contributed by atoms with Crippen LogP contribution in [0.25, 0.3) is 0 Å². The predicted octanol–water partition coefficient (Wildman–Crippen LogP) is 1.61. The smallest absolute Gasteiger partial charge is 0.248 e. The molecule has 2 saturated heterocycles. The Morgan fingerprint density at radius 1 is 1.24 bits per heavy atom. The fourth-order valence-electron chi connectivity index (χ4n) is 3.93. The average molecular weight is 294 g/mol. The van der Waals surface area contributed by atoms with Crippen molar-refractivity contribution in [3.8, 4) is 0 Å². The van der Waals surface area contributed by atoms with E-state index in [9.17, 15) is 9.59 Å². The van der Waals surface area contributed by atoms with Crippen molar-refractivity contribution in [2.24, 2.45) is 0 Å². The zero-order valence-corrected chi connectivity index (χ0v) is 12.9. The minimum atomic E-state index is -0.613. The molecule has 0 aromatic heterocycles. The number of rotatable bonds is 3. The fraction of sp³-hybridized carbons (Fsp3) is 0.875. The molecule has 3 fully saturated rings. The van der Waals surface area contributed by atoms with Crippen LogP contribution in [0, 0.1) is 0 Å². The number of carbonyl (C=O) groups is 2. The number of nitrogens with one attached hydrogen (secondary N) is 1. The maximum absolute atomic E-state index is 12.9. The third-order valence-corrected chi connectivity index (χ3v) is 5.30. The Balaban J connectivity index is 1.70. The highest BCUT2D eigenvalue weighted by atomic mass is 16.5. The first-order valence-electron chi connectivity index (χ1n) is 8.37. The summed E-state index contributed by atoms with van der Waals surface area (Å²) in [4.78, 5) is 27.0. The van der Waals surface area contributed by atoms with E-state index in [1.54, 1.807) is 4.90 Å². The second-order valence-electron chi connectivity index (χ2n) is 6.73. The SMILES string of the molecule is CC1C(=O)NC2(CCCCC2)C(=O)N1CCC1CCCO1. The molecular weight excluding hydrogens is 268 g/mol. The number of nitrogens with zero attached hydrogens (tertiary/aromatic N) is 1. The highest BCUT2D eigenvalue weighted by molar-refractivity contribution is 5.99. The number of hydrogen-bond donors (Lipinski definition) is 1. The van der Waals surface area contributed by atoms with Gasteiger partial charge in [0.15, 0.2) is 0 Å². The van der Waals surface area contributed by atoms with Gasteiger partial charge in [-0.25, -0.2) is 0 Å². The Morgan fingerprint density at radius 2 is 2.00 bits per heavy atom. The summed E-state index contributed by atoms with van der Waals surface area (Å²) < 4.78 is 5.64. The standard InChI is InChI=1S/C16H26N2O3/c1-12-14(19)17-16(8-3-2-4-9-16)15(20)18(12)10-7-13-6-5-11-21-13/h12-13H,2-11H2,1H3,(H,17,19). The summed E-state index contributed by atoms with van der Waals surface area (Å²) in [6.45, 7) is 3.30. The molecule has 0 aromatic carbocycles. The second-order valence-corrected chi connectivity index (χ2v) is 6.73. The normalized spacial score (nSPS) is 32.5. The van der Waals surface area contributed by atoms with Crippen LogP contribution in [-0.4, -0.2) is 47.6 Å². The molecule has 2 aliphatic heterocycles. The number of amides is 2. The first kappa shape index (κ1) is 14.8. The Bertz CT molecular complexity index is 412. The van der Waals surface area contributed by atoms with E-state index >= 15 is 0 Å². The summed E-state index contributed by atoms with van der Waals surface area (Å²) in [5.41, 5.74) is -0.613. The quantitative estimate of drug-likeness (QED) is 0.860. The van der Waals surface area contributed by atoms with Gasteiger partial charge in [-0.1, -0.05) is 19.3 Å². The molecule has 2 amide bonds. The van der Waals surface area contributed by atoms with Gasteiger partial charge in [-0.15, -0.1) is 0 Å². The fourth-order valence-corrected chi connectivity index (χ4v) is 3.93. The largest absolute Gasteiger partial charge is 0.378 e.